The van der Waals surface area contributed by atoms with Crippen LogP contribution in [0, 0.1) is 12.8 Å². The van der Waals surface area contributed by atoms with Crippen molar-refractivity contribution < 1.29 is 9.59 Å². The van der Waals surface area contributed by atoms with Crippen LogP contribution in [-0.2, 0) is 4.79 Å². The average molecular weight is 492 g/mol. The quantitative estimate of drug-likeness (QED) is 0.377. The van der Waals surface area contributed by atoms with Crippen molar-refractivity contribution in [3.05, 3.63) is 58.1 Å². The van der Waals surface area contributed by atoms with Gasteiger partial charge < -0.3 is 10.6 Å². The summed E-state index contributed by atoms with van der Waals surface area (Å²) in [5.41, 5.74) is 2.50. The first-order valence-electron chi connectivity index (χ1n) is 10.0. The third-order valence-electron chi connectivity index (χ3n) is 4.88. The van der Waals surface area contributed by atoms with Gasteiger partial charge in [-0.05, 0) is 37.1 Å². The average Bonchev–Trinajstić information content (AvgIpc) is 3.22. The standard InChI is InChI=1S/C22H23Cl2N5O2S/c1-4-13(3)18(26-21(31)25-15-8-9-16(23)17(24)11-15)19(30)27-22-29-28-20(32-22)14-7-5-6-12(2)10-14/h5-11,13,18H,4H2,1-3H3,(H2,25,26,31)(H,27,29,30)/t13-,18-/m0/s1. The molecule has 0 bridgehead atoms. The summed E-state index contributed by atoms with van der Waals surface area (Å²) < 4.78 is 0. The number of hydrogen-bond donors (Lipinski definition) is 3. The predicted octanol–water partition coefficient (Wildman–Crippen LogP) is 6.00. The number of amides is 3. The molecule has 0 radical (unpaired) electrons. The first kappa shape index (κ1) is 24.0. The zero-order chi connectivity index (χ0) is 23.3. The smallest absolute Gasteiger partial charge is 0.319 e. The molecule has 0 unspecified atom stereocenters. The Hall–Kier alpha value is -2.68. The van der Waals surface area contributed by atoms with Crippen LogP contribution in [0.3, 0.4) is 0 Å². The first-order valence-corrected chi connectivity index (χ1v) is 11.6. The summed E-state index contributed by atoms with van der Waals surface area (Å²) in [6, 6.07) is 11.3. The number of nitrogens with zero attached hydrogens (tertiary/aromatic N) is 2. The number of rotatable bonds is 7. The Morgan fingerprint density at radius 1 is 1.06 bits per heavy atom. The second-order valence-electron chi connectivity index (χ2n) is 7.36. The highest BCUT2D eigenvalue weighted by atomic mass is 35.5. The van der Waals surface area contributed by atoms with E-state index >= 15 is 0 Å². The molecule has 0 fully saturated rings. The number of hydrogen-bond acceptors (Lipinski definition) is 5. The van der Waals surface area contributed by atoms with E-state index < -0.39 is 12.1 Å². The molecule has 1 aromatic heterocycles. The molecule has 3 amide bonds. The van der Waals surface area contributed by atoms with E-state index in [2.05, 4.69) is 26.1 Å². The molecule has 0 aliphatic heterocycles. The van der Waals surface area contributed by atoms with Crippen molar-refractivity contribution in [3.8, 4) is 10.6 Å². The summed E-state index contributed by atoms with van der Waals surface area (Å²) in [5, 5.41) is 18.2. The molecule has 0 saturated carbocycles. The van der Waals surface area contributed by atoms with Gasteiger partial charge in [0.25, 0.3) is 0 Å². The van der Waals surface area contributed by atoms with Crippen molar-refractivity contribution in [2.75, 3.05) is 10.6 Å². The Labute approximate surface area is 200 Å². The minimum atomic E-state index is -0.769. The summed E-state index contributed by atoms with van der Waals surface area (Å²) in [6.45, 7) is 5.84. The van der Waals surface area contributed by atoms with Crippen molar-refractivity contribution in [1.29, 1.82) is 0 Å². The van der Waals surface area contributed by atoms with Gasteiger partial charge in [-0.1, -0.05) is 78.6 Å². The maximum atomic E-state index is 12.9. The lowest BCUT2D eigenvalue weighted by Gasteiger charge is -2.23. The Bertz CT molecular complexity index is 1120. The van der Waals surface area contributed by atoms with Crippen LogP contribution in [0.1, 0.15) is 25.8 Å². The summed E-state index contributed by atoms with van der Waals surface area (Å²) >= 11 is 13.2. The van der Waals surface area contributed by atoms with Crippen LogP contribution in [0.4, 0.5) is 15.6 Å². The van der Waals surface area contributed by atoms with Gasteiger partial charge in [0.15, 0.2) is 0 Å². The number of anilines is 2. The largest absolute Gasteiger partial charge is 0.326 e. The van der Waals surface area contributed by atoms with Crippen LogP contribution < -0.4 is 16.0 Å². The number of benzene rings is 2. The van der Waals surface area contributed by atoms with Crippen LogP contribution in [0.2, 0.25) is 10.0 Å². The fourth-order valence-electron chi connectivity index (χ4n) is 2.94. The molecule has 1 heterocycles. The second-order valence-corrected chi connectivity index (χ2v) is 9.15. The number of carbonyl (C=O) groups excluding carboxylic acids is 2. The molecule has 3 rings (SSSR count). The van der Waals surface area contributed by atoms with E-state index in [0.717, 1.165) is 11.1 Å². The lowest BCUT2D eigenvalue weighted by atomic mass is 9.98. The van der Waals surface area contributed by atoms with Crippen LogP contribution in [0.15, 0.2) is 42.5 Å². The van der Waals surface area contributed by atoms with E-state index in [4.69, 9.17) is 23.2 Å². The highest BCUT2D eigenvalue weighted by Gasteiger charge is 2.27. The molecule has 2 atom stereocenters. The summed E-state index contributed by atoms with van der Waals surface area (Å²) in [6.07, 6.45) is 0.690. The Balaban J connectivity index is 1.68. The van der Waals surface area contributed by atoms with E-state index in [1.165, 1.54) is 17.4 Å². The Morgan fingerprint density at radius 3 is 2.53 bits per heavy atom. The normalized spacial score (nSPS) is 12.7. The fraction of sp³-hybridized carbons (Fsp3) is 0.273. The molecule has 2 aromatic carbocycles. The summed E-state index contributed by atoms with van der Waals surface area (Å²) in [5.74, 6) is -0.477. The van der Waals surface area contributed by atoms with E-state index in [0.29, 0.717) is 32.3 Å². The molecule has 3 N–H and O–H groups in total. The van der Waals surface area contributed by atoms with Gasteiger partial charge in [-0.15, -0.1) is 10.2 Å². The van der Waals surface area contributed by atoms with Gasteiger partial charge in [0.1, 0.15) is 11.0 Å². The van der Waals surface area contributed by atoms with Crippen molar-refractivity contribution in [1.82, 2.24) is 15.5 Å². The zero-order valence-corrected chi connectivity index (χ0v) is 20.1. The van der Waals surface area contributed by atoms with Crippen molar-refractivity contribution in [2.45, 2.75) is 33.2 Å². The predicted molar refractivity (Wildman–Crippen MR) is 131 cm³/mol. The number of urea groups is 1. The van der Waals surface area contributed by atoms with E-state index in [1.807, 2.05) is 45.0 Å². The second kappa shape index (κ2) is 10.8. The van der Waals surface area contributed by atoms with Gasteiger partial charge in [-0.3, -0.25) is 10.1 Å². The Morgan fingerprint density at radius 2 is 1.84 bits per heavy atom. The molecule has 0 aliphatic carbocycles. The molecular weight excluding hydrogens is 469 g/mol. The third kappa shape index (κ3) is 6.18. The molecule has 3 aromatic rings. The van der Waals surface area contributed by atoms with Crippen LogP contribution in [0.25, 0.3) is 10.6 Å². The minimum Gasteiger partial charge on any atom is -0.326 e. The molecule has 32 heavy (non-hydrogen) atoms. The molecule has 0 aliphatic rings. The topological polar surface area (TPSA) is 96.0 Å². The maximum absolute atomic E-state index is 12.9. The molecule has 0 spiro atoms. The zero-order valence-electron chi connectivity index (χ0n) is 17.8. The van der Waals surface area contributed by atoms with Gasteiger partial charge in [-0.2, -0.15) is 0 Å². The third-order valence-corrected chi connectivity index (χ3v) is 6.51. The first-order chi connectivity index (χ1) is 15.3. The molecular formula is C22H23Cl2N5O2S. The number of aryl methyl sites for hydroxylation is 1. The van der Waals surface area contributed by atoms with Crippen LogP contribution in [0.5, 0.6) is 0 Å². The van der Waals surface area contributed by atoms with Crippen molar-refractivity contribution >= 4 is 57.3 Å². The van der Waals surface area contributed by atoms with E-state index in [-0.39, 0.29) is 11.8 Å². The van der Waals surface area contributed by atoms with Crippen LogP contribution >= 0.6 is 34.5 Å². The lowest BCUT2D eigenvalue weighted by molar-refractivity contribution is -0.119. The van der Waals surface area contributed by atoms with Crippen molar-refractivity contribution in [2.24, 2.45) is 5.92 Å². The number of halogens is 2. The fourth-order valence-corrected chi connectivity index (χ4v) is 3.98. The van der Waals surface area contributed by atoms with Gasteiger partial charge >= 0.3 is 6.03 Å². The summed E-state index contributed by atoms with van der Waals surface area (Å²) in [4.78, 5) is 25.5. The summed E-state index contributed by atoms with van der Waals surface area (Å²) in [7, 11) is 0. The lowest BCUT2D eigenvalue weighted by Crippen LogP contribution is -2.49. The maximum Gasteiger partial charge on any atom is 0.319 e. The van der Waals surface area contributed by atoms with Gasteiger partial charge in [0.2, 0.25) is 11.0 Å². The van der Waals surface area contributed by atoms with E-state index in [9.17, 15) is 9.59 Å². The highest BCUT2D eigenvalue weighted by Crippen LogP contribution is 2.27. The highest BCUT2D eigenvalue weighted by molar-refractivity contribution is 7.18. The van der Waals surface area contributed by atoms with Crippen molar-refractivity contribution in [3.63, 3.8) is 0 Å². The number of nitrogens with one attached hydrogen (secondary N) is 3. The molecule has 7 nitrogen and oxygen atoms in total. The Kier molecular flexibility index (Phi) is 8.06. The number of carbonyl (C=O) groups is 2. The molecule has 168 valence electrons. The monoisotopic (exact) mass is 491 g/mol. The minimum absolute atomic E-state index is 0.112. The van der Waals surface area contributed by atoms with Crippen LogP contribution in [-0.4, -0.2) is 28.2 Å². The van der Waals surface area contributed by atoms with Gasteiger partial charge in [0.05, 0.1) is 10.0 Å². The van der Waals surface area contributed by atoms with Gasteiger partial charge in [0, 0.05) is 11.3 Å². The van der Waals surface area contributed by atoms with Gasteiger partial charge in [-0.25, -0.2) is 4.79 Å². The molecule has 10 heteroatoms. The molecule has 0 saturated heterocycles. The number of aromatic nitrogens is 2. The SMILES string of the molecule is CC[C@H](C)[C@H](NC(=O)Nc1ccc(Cl)c(Cl)c1)C(=O)Nc1nnc(-c2cccc(C)c2)s1. The van der Waals surface area contributed by atoms with E-state index in [1.54, 1.807) is 12.1 Å².